The van der Waals surface area contributed by atoms with Gasteiger partial charge in [-0.15, -0.1) is 0 Å². The van der Waals surface area contributed by atoms with Crippen LogP contribution in [0.25, 0.3) is 0 Å². The fourth-order valence-electron chi connectivity index (χ4n) is 1.67. The van der Waals surface area contributed by atoms with Crippen LogP contribution in [0, 0.1) is 0 Å². The van der Waals surface area contributed by atoms with Crippen molar-refractivity contribution in [1.29, 1.82) is 0 Å². The van der Waals surface area contributed by atoms with Gasteiger partial charge in [-0.05, 0) is 47.0 Å². The standard InChI is InChI=1S/C16H31NO4/c1-14(9-12-21-16(2,3)4)20-13-10-17-15(19)8-6-5-7-11-18/h11,14H,5-10,12-13H2,1-4H3,(H,17,19). The second-order valence-corrected chi connectivity index (χ2v) is 6.19. The Morgan fingerprint density at radius 2 is 1.95 bits per heavy atom. The maximum atomic E-state index is 11.5. The van der Waals surface area contributed by atoms with E-state index in [-0.39, 0.29) is 17.6 Å². The highest BCUT2D eigenvalue weighted by Gasteiger charge is 2.11. The molecule has 0 saturated heterocycles. The lowest BCUT2D eigenvalue weighted by molar-refractivity contribution is -0.121. The largest absolute Gasteiger partial charge is 0.377 e. The molecular weight excluding hydrogens is 270 g/mol. The van der Waals surface area contributed by atoms with Gasteiger partial charge in [0.25, 0.3) is 0 Å². The van der Waals surface area contributed by atoms with E-state index in [4.69, 9.17) is 9.47 Å². The normalized spacial score (nSPS) is 13.0. The molecule has 0 fully saturated rings. The van der Waals surface area contributed by atoms with Crippen LogP contribution in [0.5, 0.6) is 0 Å². The summed E-state index contributed by atoms with van der Waals surface area (Å²) in [6.45, 7) is 9.81. The molecule has 0 aliphatic rings. The first kappa shape index (κ1) is 20.1. The Bertz CT molecular complexity index is 286. The Labute approximate surface area is 128 Å². The van der Waals surface area contributed by atoms with Crippen molar-refractivity contribution in [3.05, 3.63) is 0 Å². The van der Waals surface area contributed by atoms with E-state index in [0.717, 1.165) is 25.5 Å². The Morgan fingerprint density at radius 3 is 2.57 bits per heavy atom. The Kier molecular flexibility index (Phi) is 11.2. The van der Waals surface area contributed by atoms with Crippen molar-refractivity contribution >= 4 is 12.2 Å². The fraction of sp³-hybridized carbons (Fsp3) is 0.875. The van der Waals surface area contributed by atoms with Crippen LogP contribution in [0.15, 0.2) is 0 Å². The Morgan fingerprint density at radius 1 is 1.24 bits per heavy atom. The Hall–Kier alpha value is -0.940. The van der Waals surface area contributed by atoms with Gasteiger partial charge in [0.2, 0.25) is 5.91 Å². The van der Waals surface area contributed by atoms with Gasteiger partial charge in [0.05, 0.1) is 18.3 Å². The van der Waals surface area contributed by atoms with Gasteiger partial charge in [-0.2, -0.15) is 0 Å². The van der Waals surface area contributed by atoms with Crippen molar-refractivity contribution in [2.75, 3.05) is 19.8 Å². The minimum Gasteiger partial charge on any atom is -0.377 e. The molecule has 0 aliphatic carbocycles. The number of nitrogens with one attached hydrogen (secondary N) is 1. The summed E-state index contributed by atoms with van der Waals surface area (Å²) in [5.74, 6) is 0.0215. The number of carbonyl (C=O) groups excluding carboxylic acids is 2. The zero-order valence-electron chi connectivity index (χ0n) is 13.9. The molecule has 0 rings (SSSR count). The van der Waals surface area contributed by atoms with E-state index in [2.05, 4.69) is 5.32 Å². The lowest BCUT2D eigenvalue weighted by atomic mass is 10.2. The summed E-state index contributed by atoms with van der Waals surface area (Å²) in [7, 11) is 0. The Balaban J connectivity index is 3.44. The van der Waals surface area contributed by atoms with Gasteiger partial charge >= 0.3 is 0 Å². The molecule has 0 radical (unpaired) electrons. The number of hydrogen-bond donors (Lipinski definition) is 1. The van der Waals surface area contributed by atoms with E-state index in [9.17, 15) is 9.59 Å². The molecule has 0 bridgehead atoms. The number of carbonyl (C=O) groups is 2. The number of aldehydes is 1. The second kappa shape index (κ2) is 11.7. The average Bonchev–Trinajstić information content (AvgIpc) is 2.38. The van der Waals surface area contributed by atoms with Gasteiger partial charge in [0.15, 0.2) is 0 Å². The summed E-state index contributed by atoms with van der Waals surface area (Å²) < 4.78 is 11.2. The molecule has 1 unspecified atom stereocenters. The van der Waals surface area contributed by atoms with E-state index in [1.165, 1.54) is 0 Å². The summed E-state index contributed by atoms with van der Waals surface area (Å²) >= 11 is 0. The van der Waals surface area contributed by atoms with Gasteiger partial charge in [-0.25, -0.2) is 0 Å². The van der Waals surface area contributed by atoms with Crippen LogP contribution in [0.4, 0.5) is 0 Å². The van der Waals surface area contributed by atoms with Crippen LogP contribution in [0.1, 0.15) is 59.8 Å². The van der Waals surface area contributed by atoms with Gasteiger partial charge in [-0.1, -0.05) is 0 Å². The molecule has 21 heavy (non-hydrogen) atoms. The molecule has 0 aromatic carbocycles. The van der Waals surface area contributed by atoms with E-state index in [1.54, 1.807) is 0 Å². The first-order chi connectivity index (χ1) is 9.85. The fourth-order valence-corrected chi connectivity index (χ4v) is 1.67. The van der Waals surface area contributed by atoms with Gasteiger partial charge < -0.3 is 19.6 Å². The van der Waals surface area contributed by atoms with Gasteiger partial charge in [0, 0.05) is 26.0 Å². The topological polar surface area (TPSA) is 64.6 Å². The molecular formula is C16H31NO4. The molecule has 1 atom stereocenters. The SMILES string of the molecule is CC(CCOC(C)(C)C)OCCNC(=O)CCCCC=O. The summed E-state index contributed by atoms with van der Waals surface area (Å²) in [4.78, 5) is 21.6. The number of rotatable bonds is 12. The van der Waals surface area contributed by atoms with Gasteiger partial charge in [0.1, 0.15) is 6.29 Å². The average molecular weight is 301 g/mol. The number of unbranched alkanes of at least 4 members (excludes halogenated alkanes) is 2. The molecule has 0 spiro atoms. The molecule has 1 amide bonds. The third-order valence-electron chi connectivity index (χ3n) is 2.86. The zero-order valence-corrected chi connectivity index (χ0v) is 13.9. The van der Waals surface area contributed by atoms with Crippen molar-refractivity contribution in [3.63, 3.8) is 0 Å². The minimum atomic E-state index is -0.114. The quantitative estimate of drug-likeness (QED) is 0.444. The molecule has 1 N–H and O–H groups in total. The van der Waals surface area contributed by atoms with Crippen LogP contribution in [0.2, 0.25) is 0 Å². The minimum absolute atomic E-state index is 0.0215. The molecule has 0 aliphatic heterocycles. The van der Waals surface area contributed by atoms with Crippen molar-refractivity contribution in [3.8, 4) is 0 Å². The maximum absolute atomic E-state index is 11.5. The first-order valence-electron chi connectivity index (χ1n) is 7.81. The highest BCUT2D eigenvalue weighted by Crippen LogP contribution is 2.08. The predicted molar refractivity (Wildman–Crippen MR) is 83.3 cm³/mol. The monoisotopic (exact) mass is 301 g/mol. The van der Waals surface area contributed by atoms with E-state index < -0.39 is 0 Å². The van der Waals surface area contributed by atoms with E-state index >= 15 is 0 Å². The van der Waals surface area contributed by atoms with E-state index in [0.29, 0.717) is 32.6 Å². The summed E-state index contributed by atoms with van der Waals surface area (Å²) in [5, 5.41) is 2.81. The molecule has 0 heterocycles. The third-order valence-corrected chi connectivity index (χ3v) is 2.86. The molecule has 5 heteroatoms. The third kappa shape index (κ3) is 15.3. The van der Waals surface area contributed by atoms with Crippen molar-refractivity contribution in [2.24, 2.45) is 0 Å². The molecule has 0 saturated carbocycles. The summed E-state index contributed by atoms with van der Waals surface area (Å²) in [6.07, 6.45) is 4.39. The predicted octanol–water partition coefficient (Wildman–Crippen LogP) is 2.47. The lowest BCUT2D eigenvalue weighted by Gasteiger charge is -2.21. The van der Waals surface area contributed by atoms with Crippen molar-refractivity contribution in [2.45, 2.75) is 71.5 Å². The highest BCUT2D eigenvalue weighted by molar-refractivity contribution is 5.75. The maximum Gasteiger partial charge on any atom is 0.220 e. The lowest BCUT2D eigenvalue weighted by Crippen LogP contribution is -2.28. The van der Waals surface area contributed by atoms with Crippen molar-refractivity contribution < 1.29 is 19.1 Å². The van der Waals surface area contributed by atoms with Crippen LogP contribution >= 0.6 is 0 Å². The van der Waals surface area contributed by atoms with Crippen LogP contribution in [0.3, 0.4) is 0 Å². The second-order valence-electron chi connectivity index (χ2n) is 6.19. The smallest absolute Gasteiger partial charge is 0.220 e. The van der Waals surface area contributed by atoms with Gasteiger partial charge in [-0.3, -0.25) is 4.79 Å². The van der Waals surface area contributed by atoms with Crippen LogP contribution in [-0.4, -0.2) is 43.7 Å². The van der Waals surface area contributed by atoms with Crippen LogP contribution < -0.4 is 5.32 Å². The number of hydrogen-bond acceptors (Lipinski definition) is 4. The summed E-state index contributed by atoms with van der Waals surface area (Å²) in [6, 6.07) is 0. The van der Waals surface area contributed by atoms with Crippen LogP contribution in [-0.2, 0) is 19.1 Å². The molecule has 124 valence electrons. The molecule has 0 aromatic heterocycles. The van der Waals surface area contributed by atoms with E-state index in [1.807, 2.05) is 27.7 Å². The molecule has 5 nitrogen and oxygen atoms in total. The summed E-state index contributed by atoms with van der Waals surface area (Å²) in [5.41, 5.74) is -0.114. The molecule has 0 aromatic rings. The first-order valence-corrected chi connectivity index (χ1v) is 7.81. The zero-order chi connectivity index (χ0) is 16.1. The van der Waals surface area contributed by atoms with Crippen molar-refractivity contribution in [1.82, 2.24) is 5.32 Å². The number of ether oxygens (including phenoxy) is 2. The highest BCUT2D eigenvalue weighted by atomic mass is 16.5. The number of amides is 1.